The molecule has 0 bridgehead atoms. The molecule has 1 fully saturated rings. The van der Waals surface area contributed by atoms with Gasteiger partial charge in [-0.25, -0.2) is 0 Å². The fourth-order valence-electron chi connectivity index (χ4n) is 3.38. The van der Waals surface area contributed by atoms with Gasteiger partial charge in [-0.3, -0.25) is 9.59 Å². The molecule has 1 aliphatic carbocycles. The number of rotatable bonds is 6. The van der Waals surface area contributed by atoms with Gasteiger partial charge < -0.3 is 15.0 Å². The van der Waals surface area contributed by atoms with Gasteiger partial charge in [0.05, 0.1) is 11.8 Å². The largest absolute Gasteiger partial charge is 0.457 e. The van der Waals surface area contributed by atoms with E-state index < -0.39 is 17.4 Å². The van der Waals surface area contributed by atoms with E-state index in [2.05, 4.69) is 25.1 Å². The van der Waals surface area contributed by atoms with E-state index >= 15 is 0 Å². The fraction of sp³-hybridized carbons (Fsp3) is 0.765. The third kappa shape index (κ3) is 5.67. The van der Waals surface area contributed by atoms with Crippen molar-refractivity contribution in [2.24, 2.45) is 23.5 Å². The molecule has 3 N–H and O–H groups in total. The lowest BCUT2D eigenvalue weighted by Gasteiger charge is -2.49. The second kappa shape index (κ2) is 11.8. The van der Waals surface area contributed by atoms with Crippen molar-refractivity contribution in [2.75, 3.05) is 5.88 Å². The van der Waals surface area contributed by atoms with Crippen LogP contribution in [-0.4, -0.2) is 27.9 Å². The summed E-state index contributed by atoms with van der Waals surface area (Å²) >= 11 is 8.27. The molecule has 1 heterocycles. The minimum absolute atomic E-state index is 0.215. The van der Waals surface area contributed by atoms with Crippen LogP contribution in [0.15, 0.2) is 12.2 Å². The lowest BCUT2D eigenvalue weighted by Crippen LogP contribution is -2.62. The molecular weight excluding hydrogens is 350 g/mol. The van der Waals surface area contributed by atoms with Crippen LogP contribution in [0.4, 0.5) is 0 Å². The van der Waals surface area contributed by atoms with Crippen molar-refractivity contribution in [2.45, 2.75) is 58.5 Å². The summed E-state index contributed by atoms with van der Waals surface area (Å²) in [5.41, 5.74) is 4.67. The van der Waals surface area contributed by atoms with Gasteiger partial charge in [0.25, 0.3) is 0 Å². The van der Waals surface area contributed by atoms with Gasteiger partial charge in [0.2, 0.25) is 5.91 Å². The van der Waals surface area contributed by atoms with Crippen LogP contribution < -0.4 is 5.73 Å². The number of carbonyl (C=O) groups is 2. The Kier molecular flexibility index (Phi) is 11.4. The maximum absolute atomic E-state index is 11.8. The number of halogens is 1. The summed E-state index contributed by atoms with van der Waals surface area (Å²) in [4.78, 5) is 23.5. The molecule has 0 aromatic carbocycles. The number of primary amides is 1. The first-order valence-electron chi connectivity index (χ1n) is 8.44. The van der Waals surface area contributed by atoms with Crippen molar-refractivity contribution >= 4 is 36.4 Å². The molecule has 0 aromatic rings. The summed E-state index contributed by atoms with van der Waals surface area (Å²) in [5, 5.41) is 0. The van der Waals surface area contributed by atoms with Crippen LogP contribution in [0.25, 0.3) is 0 Å². The summed E-state index contributed by atoms with van der Waals surface area (Å²) < 4.78 is 12.0. The molecule has 0 spiro atoms. The molecular formula is C17H30ClNO4S. The summed E-state index contributed by atoms with van der Waals surface area (Å²) in [5.74, 6) is -0.689. The summed E-state index contributed by atoms with van der Waals surface area (Å²) in [6, 6.07) is 0. The van der Waals surface area contributed by atoms with E-state index in [9.17, 15) is 9.59 Å². The fourth-order valence-corrected chi connectivity index (χ4v) is 3.60. The summed E-state index contributed by atoms with van der Waals surface area (Å²) in [6.45, 7) is 5.81. The summed E-state index contributed by atoms with van der Waals surface area (Å²) in [7, 11) is 0. The lowest BCUT2D eigenvalue weighted by atomic mass is 9.68. The zero-order valence-electron chi connectivity index (χ0n) is 14.7. The molecule has 3 unspecified atom stereocenters. The average molecular weight is 380 g/mol. The molecule has 1 saturated heterocycles. The second-order valence-electron chi connectivity index (χ2n) is 5.94. The molecule has 4 atom stereocenters. The van der Waals surface area contributed by atoms with Crippen LogP contribution in [0.5, 0.6) is 0 Å². The van der Waals surface area contributed by atoms with Crippen molar-refractivity contribution in [1.82, 2.24) is 0 Å². The molecule has 2 aliphatic rings. The maximum atomic E-state index is 11.8. The Morgan fingerprint density at radius 3 is 2.58 bits per heavy atom. The highest BCUT2D eigenvalue weighted by molar-refractivity contribution is 7.74. The van der Waals surface area contributed by atoms with Gasteiger partial charge in [-0.2, -0.15) is 0 Å². The smallest absolute Gasteiger partial charge is 0.313 e. The Morgan fingerprint density at radius 1 is 1.54 bits per heavy atom. The highest BCUT2D eigenvalue weighted by atomic mass is 35.5. The van der Waals surface area contributed by atoms with Crippen molar-refractivity contribution < 1.29 is 18.9 Å². The van der Waals surface area contributed by atoms with E-state index in [0.29, 0.717) is 18.2 Å². The Hall–Kier alpha value is -0.720. The molecule has 1 aliphatic heterocycles. The van der Waals surface area contributed by atoms with Crippen LogP contribution in [0, 0.1) is 17.8 Å². The monoisotopic (exact) mass is 379 g/mol. The first-order valence-corrected chi connectivity index (χ1v) is 9.37. The van der Waals surface area contributed by atoms with Gasteiger partial charge in [0.15, 0.2) is 0 Å². The minimum atomic E-state index is -0.789. The number of amides is 1. The SMILES string of the molecule is CC.C[C@@]1(C(CCCl)C(N)=O)OC(=O)C1CC1C=CCCC1.OS. The number of nitrogens with two attached hydrogens (primary N) is 1. The number of hydrogen-bond acceptors (Lipinski definition) is 5. The third-order valence-electron chi connectivity index (χ3n) is 4.62. The predicted octanol–water partition coefficient (Wildman–Crippen LogP) is 3.81. The third-order valence-corrected chi connectivity index (χ3v) is 4.84. The van der Waals surface area contributed by atoms with Gasteiger partial charge >= 0.3 is 5.97 Å². The number of carbonyl (C=O) groups excluding carboxylic acids is 2. The van der Waals surface area contributed by atoms with E-state index in [4.69, 9.17) is 26.6 Å². The Bertz CT molecular complexity index is 433. The van der Waals surface area contributed by atoms with Crippen LogP contribution >= 0.6 is 24.5 Å². The van der Waals surface area contributed by atoms with E-state index in [1.54, 1.807) is 0 Å². The van der Waals surface area contributed by atoms with Crippen molar-refractivity contribution in [1.29, 1.82) is 0 Å². The van der Waals surface area contributed by atoms with Crippen molar-refractivity contribution in [3.63, 3.8) is 0 Å². The molecule has 2 rings (SSSR count). The van der Waals surface area contributed by atoms with E-state index in [-0.39, 0.29) is 11.9 Å². The number of cyclic esters (lactones) is 1. The number of allylic oxidation sites excluding steroid dienone is 2. The lowest BCUT2D eigenvalue weighted by molar-refractivity contribution is -0.223. The Morgan fingerprint density at radius 2 is 2.17 bits per heavy atom. The molecule has 0 aromatic heterocycles. The van der Waals surface area contributed by atoms with Crippen molar-refractivity contribution in [3.05, 3.63) is 12.2 Å². The molecule has 1 amide bonds. The number of thiol groups is 1. The zero-order valence-corrected chi connectivity index (χ0v) is 16.4. The second-order valence-corrected chi connectivity index (χ2v) is 6.32. The molecule has 5 nitrogen and oxygen atoms in total. The van der Waals surface area contributed by atoms with E-state index in [1.807, 2.05) is 20.8 Å². The first kappa shape index (κ1) is 23.3. The van der Waals surface area contributed by atoms with Crippen LogP contribution in [0.1, 0.15) is 52.9 Å². The van der Waals surface area contributed by atoms with Crippen LogP contribution in [0.3, 0.4) is 0 Å². The maximum Gasteiger partial charge on any atom is 0.313 e. The number of hydrogen-bond donors (Lipinski definition) is 3. The van der Waals surface area contributed by atoms with Gasteiger partial charge in [-0.05, 0) is 57.9 Å². The average Bonchev–Trinajstić information content (AvgIpc) is 2.61. The highest BCUT2D eigenvalue weighted by Gasteiger charge is 2.59. The molecule has 0 saturated carbocycles. The van der Waals surface area contributed by atoms with Gasteiger partial charge in [-0.1, -0.05) is 26.0 Å². The molecule has 24 heavy (non-hydrogen) atoms. The van der Waals surface area contributed by atoms with Crippen LogP contribution in [0.2, 0.25) is 0 Å². The normalized spacial score (nSPS) is 29.0. The predicted molar refractivity (Wildman–Crippen MR) is 100 cm³/mol. The van der Waals surface area contributed by atoms with Gasteiger partial charge in [0, 0.05) is 5.88 Å². The summed E-state index contributed by atoms with van der Waals surface area (Å²) in [6.07, 6.45) is 8.87. The van der Waals surface area contributed by atoms with Gasteiger partial charge in [0.1, 0.15) is 5.60 Å². The molecule has 7 heteroatoms. The Labute approximate surface area is 155 Å². The number of alkyl halides is 1. The topological polar surface area (TPSA) is 89.6 Å². The zero-order chi connectivity index (χ0) is 18.8. The quantitative estimate of drug-likeness (QED) is 0.215. The number of esters is 1. The standard InChI is InChI=1S/C15H22ClNO3.C2H6.H2OS/c1-15(11(7-8-16)13(17)18)12(14(19)20-15)9-10-5-3-2-4-6-10;2*1-2/h3,5,10-12H,2,4,6-9H2,1H3,(H2,17,18);1-2H3;1-2H/t10?,11?,12?,15-;;/m0../s1. The minimum Gasteiger partial charge on any atom is -0.457 e. The van der Waals surface area contributed by atoms with E-state index in [0.717, 1.165) is 25.7 Å². The highest BCUT2D eigenvalue weighted by Crippen LogP contribution is 2.46. The van der Waals surface area contributed by atoms with Gasteiger partial charge in [-0.15, -0.1) is 11.6 Å². The molecule has 0 radical (unpaired) electrons. The van der Waals surface area contributed by atoms with E-state index in [1.165, 1.54) is 0 Å². The van der Waals surface area contributed by atoms with Crippen LogP contribution in [-0.2, 0) is 14.3 Å². The molecule has 140 valence electrons. The van der Waals surface area contributed by atoms with Crippen molar-refractivity contribution in [3.8, 4) is 0 Å². The Balaban J connectivity index is 0.00000123. The first-order chi connectivity index (χ1) is 11.5. The number of ether oxygens (including phenoxy) is 1.